The molecule has 0 bridgehead atoms. The van der Waals surface area contributed by atoms with Crippen LogP contribution in [0.3, 0.4) is 0 Å². The van der Waals surface area contributed by atoms with Crippen molar-refractivity contribution in [3.63, 3.8) is 0 Å². The van der Waals surface area contributed by atoms with Crippen molar-refractivity contribution >= 4 is 38.5 Å². The minimum Gasteiger partial charge on any atom is -0.385 e. The van der Waals surface area contributed by atoms with Gasteiger partial charge in [-0.25, -0.2) is 0 Å². The summed E-state index contributed by atoms with van der Waals surface area (Å²) in [6.07, 6.45) is 1.94. The van der Waals surface area contributed by atoms with Crippen LogP contribution in [-0.4, -0.2) is 22.4 Å². The molecular formula is C6H6BrIO2. The molecule has 1 aliphatic rings. The summed E-state index contributed by atoms with van der Waals surface area (Å²) in [6, 6.07) is 0. The van der Waals surface area contributed by atoms with Crippen LogP contribution in [0.4, 0.5) is 0 Å². The Balaban J connectivity index is 2.86. The van der Waals surface area contributed by atoms with Gasteiger partial charge in [0.2, 0.25) is 0 Å². The highest BCUT2D eigenvalue weighted by Gasteiger charge is 2.23. The zero-order valence-corrected chi connectivity index (χ0v) is 8.70. The Morgan fingerprint density at radius 1 is 1.30 bits per heavy atom. The van der Waals surface area contributed by atoms with Gasteiger partial charge in [0.15, 0.2) is 0 Å². The third-order valence-electron chi connectivity index (χ3n) is 1.27. The molecule has 10 heavy (non-hydrogen) atoms. The minimum atomic E-state index is -0.795. The SMILES string of the molecule is O[C@@H]1C(I)=CC=C(Br)[C@@H]1O. The van der Waals surface area contributed by atoms with E-state index < -0.39 is 12.2 Å². The van der Waals surface area contributed by atoms with Crippen LogP contribution in [-0.2, 0) is 0 Å². The molecule has 0 aromatic carbocycles. The maximum absolute atomic E-state index is 9.22. The first kappa shape index (κ1) is 8.70. The molecule has 0 amide bonds. The van der Waals surface area contributed by atoms with E-state index in [9.17, 15) is 10.2 Å². The van der Waals surface area contributed by atoms with Gasteiger partial charge in [-0.15, -0.1) is 0 Å². The van der Waals surface area contributed by atoms with Gasteiger partial charge in [-0.3, -0.25) is 0 Å². The molecule has 0 unspecified atom stereocenters. The second-order valence-corrected chi connectivity index (χ2v) is 4.15. The normalized spacial score (nSPS) is 33.2. The van der Waals surface area contributed by atoms with E-state index in [4.69, 9.17) is 0 Å². The van der Waals surface area contributed by atoms with Crippen LogP contribution in [0.15, 0.2) is 20.2 Å². The average Bonchev–Trinajstić information content (AvgIpc) is 1.93. The maximum Gasteiger partial charge on any atom is 0.116 e. The van der Waals surface area contributed by atoms with Gasteiger partial charge in [0, 0.05) is 8.06 Å². The molecule has 1 aliphatic carbocycles. The van der Waals surface area contributed by atoms with E-state index in [0.29, 0.717) is 4.48 Å². The highest BCUT2D eigenvalue weighted by atomic mass is 127. The highest BCUT2D eigenvalue weighted by molar-refractivity contribution is 14.1. The molecule has 2 N–H and O–H groups in total. The van der Waals surface area contributed by atoms with Crippen molar-refractivity contribution in [2.75, 3.05) is 0 Å². The summed E-state index contributed by atoms with van der Waals surface area (Å²) >= 11 is 5.12. The van der Waals surface area contributed by atoms with Gasteiger partial charge in [-0.2, -0.15) is 0 Å². The molecule has 4 heteroatoms. The predicted octanol–water partition coefficient (Wildman–Crippen LogP) is 1.32. The second-order valence-electron chi connectivity index (χ2n) is 1.99. The third kappa shape index (κ3) is 1.61. The molecule has 0 radical (unpaired) electrons. The molecule has 0 saturated carbocycles. The molecule has 0 saturated heterocycles. The van der Waals surface area contributed by atoms with Crippen LogP contribution < -0.4 is 0 Å². The van der Waals surface area contributed by atoms with E-state index in [1.54, 1.807) is 12.2 Å². The van der Waals surface area contributed by atoms with E-state index in [1.807, 2.05) is 22.6 Å². The fraction of sp³-hybridized carbons (Fsp3) is 0.333. The molecule has 2 atom stereocenters. The summed E-state index contributed by atoms with van der Waals surface area (Å²) in [6.45, 7) is 0. The van der Waals surface area contributed by atoms with Crippen LogP contribution in [0.2, 0.25) is 0 Å². The van der Waals surface area contributed by atoms with Crippen LogP contribution >= 0.6 is 38.5 Å². The van der Waals surface area contributed by atoms with Crippen LogP contribution in [0.5, 0.6) is 0 Å². The molecule has 0 fully saturated rings. The van der Waals surface area contributed by atoms with E-state index in [0.717, 1.165) is 3.58 Å². The summed E-state index contributed by atoms with van der Waals surface area (Å²) in [5.41, 5.74) is 0. The number of hydrogen-bond donors (Lipinski definition) is 2. The molecule has 1 rings (SSSR count). The highest BCUT2D eigenvalue weighted by Crippen LogP contribution is 2.26. The Kier molecular flexibility index (Phi) is 2.91. The van der Waals surface area contributed by atoms with Crippen molar-refractivity contribution in [2.24, 2.45) is 0 Å². The summed E-state index contributed by atoms with van der Waals surface area (Å²) in [4.78, 5) is 0. The van der Waals surface area contributed by atoms with E-state index in [1.165, 1.54) is 0 Å². The van der Waals surface area contributed by atoms with Crippen molar-refractivity contribution < 1.29 is 10.2 Å². The number of aliphatic hydroxyl groups is 2. The van der Waals surface area contributed by atoms with Crippen LogP contribution in [0, 0.1) is 0 Å². The lowest BCUT2D eigenvalue weighted by Crippen LogP contribution is -2.27. The Morgan fingerprint density at radius 2 is 1.90 bits per heavy atom. The average molecular weight is 317 g/mol. The fourth-order valence-corrected chi connectivity index (χ4v) is 1.56. The monoisotopic (exact) mass is 316 g/mol. The Bertz CT molecular complexity index is 178. The molecule has 0 spiro atoms. The van der Waals surface area contributed by atoms with Crippen molar-refractivity contribution in [1.29, 1.82) is 0 Å². The first-order chi connectivity index (χ1) is 4.63. The molecule has 0 aliphatic heterocycles. The topological polar surface area (TPSA) is 40.5 Å². The Hall–Kier alpha value is 0.610. The summed E-state index contributed by atoms with van der Waals surface area (Å²) in [5.74, 6) is 0. The third-order valence-corrected chi connectivity index (χ3v) is 3.00. The van der Waals surface area contributed by atoms with E-state index in [2.05, 4.69) is 15.9 Å². The zero-order chi connectivity index (χ0) is 7.72. The van der Waals surface area contributed by atoms with Crippen LogP contribution in [0.25, 0.3) is 0 Å². The minimum absolute atomic E-state index is 0.625. The van der Waals surface area contributed by atoms with Gasteiger partial charge >= 0.3 is 0 Å². The quantitative estimate of drug-likeness (QED) is 0.662. The van der Waals surface area contributed by atoms with Crippen molar-refractivity contribution in [2.45, 2.75) is 12.2 Å². The lowest BCUT2D eigenvalue weighted by atomic mass is 10.1. The number of aliphatic hydroxyl groups excluding tert-OH is 2. The number of hydrogen-bond acceptors (Lipinski definition) is 2. The van der Waals surface area contributed by atoms with Gasteiger partial charge in [-0.05, 0) is 34.7 Å². The summed E-state index contributed by atoms with van der Waals surface area (Å²) in [5, 5.41) is 18.4. The van der Waals surface area contributed by atoms with Crippen LogP contribution in [0.1, 0.15) is 0 Å². The molecule has 56 valence electrons. The largest absolute Gasteiger partial charge is 0.385 e. The first-order valence-electron chi connectivity index (χ1n) is 2.72. The van der Waals surface area contributed by atoms with Crippen molar-refractivity contribution in [1.82, 2.24) is 0 Å². The van der Waals surface area contributed by atoms with Gasteiger partial charge < -0.3 is 10.2 Å². The predicted molar refractivity (Wildman–Crippen MR) is 51.1 cm³/mol. The summed E-state index contributed by atoms with van der Waals surface area (Å²) in [7, 11) is 0. The molecule has 0 heterocycles. The maximum atomic E-state index is 9.22. The number of rotatable bonds is 0. The van der Waals surface area contributed by atoms with Gasteiger partial charge in [-0.1, -0.05) is 15.9 Å². The standard InChI is InChI=1S/C6H6BrIO2/c7-3-1-2-4(8)6(10)5(3)9/h1-2,5-6,9-10H/t5-,6+/m0/s1. The molecule has 0 aromatic heterocycles. The first-order valence-corrected chi connectivity index (χ1v) is 4.59. The van der Waals surface area contributed by atoms with Gasteiger partial charge in [0.25, 0.3) is 0 Å². The summed E-state index contributed by atoms with van der Waals surface area (Å²) < 4.78 is 1.38. The van der Waals surface area contributed by atoms with Gasteiger partial charge in [0.05, 0.1) is 0 Å². The Morgan fingerprint density at radius 3 is 2.40 bits per heavy atom. The lowest BCUT2D eigenvalue weighted by Gasteiger charge is -2.19. The second kappa shape index (κ2) is 3.34. The molecular weight excluding hydrogens is 311 g/mol. The molecule has 0 aromatic rings. The lowest BCUT2D eigenvalue weighted by molar-refractivity contribution is 0.0762. The van der Waals surface area contributed by atoms with E-state index in [-0.39, 0.29) is 0 Å². The zero-order valence-electron chi connectivity index (χ0n) is 4.96. The van der Waals surface area contributed by atoms with Gasteiger partial charge in [0.1, 0.15) is 12.2 Å². The Labute approximate surface area is 80.9 Å². The van der Waals surface area contributed by atoms with Crippen molar-refractivity contribution in [3.8, 4) is 0 Å². The smallest absolute Gasteiger partial charge is 0.116 e. The number of allylic oxidation sites excluding steroid dienone is 2. The fourth-order valence-electron chi connectivity index (χ4n) is 0.658. The number of halogens is 2. The van der Waals surface area contributed by atoms with Crippen molar-refractivity contribution in [3.05, 3.63) is 20.2 Å². The van der Waals surface area contributed by atoms with E-state index >= 15 is 0 Å². The molecule has 2 nitrogen and oxygen atoms in total.